The Morgan fingerprint density at radius 2 is 2.05 bits per heavy atom. The number of nitrogens with one attached hydrogen (secondary N) is 1. The van der Waals surface area contributed by atoms with E-state index in [0.717, 1.165) is 10.5 Å². The van der Waals surface area contributed by atoms with Crippen molar-refractivity contribution in [2.45, 2.75) is 32.7 Å². The van der Waals surface area contributed by atoms with Crippen molar-refractivity contribution in [2.75, 3.05) is 0 Å². The van der Waals surface area contributed by atoms with Crippen molar-refractivity contribution in [3.63, 3.8) is 0 Å². The van der Waals surface area contributed by atoms with E-state index >= 15 is 0 Å². The summed E-state index contributed by atoms with van der Waals surface area (Å²) < 4.78 is 0. The molecule has 1 N–H and O–H groups in total. The van der Waals surface area contributed by atoms with Crippen LogP contribution in [0.1, 0.15) is 38.3 Å². The highest BCUT2D eigenvalue weighted by Gasteiger charge is 2.42. The number of benzene rings is 1. The molecule has 0 saturated carbocycles. The molecule has 2 unspecified atom stereocenters. The number of carbonyl (C=O) groups excluding carboxylic acids is 3. The van der Waals surface area contributed by atoms with Crippen molar-refractivity contribution in [3.8, 4) is 0 Å². The van der Waals surface area contributed by atoms with Crippen LogP contribution in [-0.2, 0) is 9.59 Å². The van der Waals surface area contributed by atoms with Gasteiger partial charge in [-0.1, -0.05) is 37.1 Å². The Hall–Kier alpha value is -1.88. The average Bonchev–Trinajstić information content (AvgIpc) is 2.43. The van der Waals surface area contributed by atoms with E-state index in [1.165, 1.54) is 0 Å². The molecular formula is C15H17ClN2O3. The predicted molar refractivity (Wildman–Crippen MR) is 78.6 cm³/mol. The molecule has 5 nitrogen and oxygen atoms in total. The van der Waals surface area contributed by atoms with Crippen LogP contribution in [0.3, 0.4) is 0 Å². The molecule has 2 atom stereocenters. The van der Waals surface area contributed by atoms with E-state index in [9.17, 15) is 14.4 Å². The highest BCUT2D eigenvalue weighted by molar-refractivity contribution is 6.30. The number of rotatable bonds is 4. The average molecular weight is 309 g/mol. The summed E-state index contributed by atoms with van der Waals surface area (Å²) in [6.45, 7) is 3.63. The quantitative estimate of drug-likeness (QED) is 0.870. The van der Waals surface area contributed by atoms with Gasteiger partial charge in [0.15, 0.2) is 0 Å². The van der Waals surface area contributed by atoms with Crippen LogP contribution < -0.4 is 5.32 Å². The molecule has 4 amide bonds. The van der Waals surface area contributed by atoms with E-state index in [2.05, 4.69) is 5.32 Å². The van der Waals surface area contributed by atoms with Gasteiger partial charge in [0.1, 0.15) is 5.92 Å². The van der Waals surface area contributed by atoms with Crippen molar-refractivity contribution in [1.29, 1.82) is 0 Å². The summed E-state index contributed by atoms with van der Waals surface area (Å²) in [7, 11) is 0. The van der Waals surface area contributed by atoms with Crippen LogP contribution >= 0.6 is 11.6 Å². The number of hydrogen-bond donors (Lipinski definition) is 1. The van der Waals surface area contributed by atoms with Crippen LogP contribution in [0.25, 0.3) is 0 Å². The van der Waals surface area contributed by atoms with Crippen molar-refractivity contribution in [1.82, 2.24) is 10.2 Å². The maximum atomic E-state index is 12.4. The first kappa shape index (κ1) is 15.5. The Labute approximate surface area is 128 Å². The fourth-order valence-electron chi connectivity index (χ4n) is 2.46. The minimum absolute atomic E-state index is 0.427. The molecule has 112 valence electrons. The number of imide groups is 2. The van der Waals surface area contributed by atoms with E-state index < -0.39 is 29.8 Å². The highest BCUT2D eigenvalue weighted by Crippen LogP contribution is 2.27. The van der Waals surface area contributed by atoms with E-state index in [1.807, 2.05) is 6.92 Å². The summed E-state index contributed by atoms with van der Waals surface area (Å²) in [6, 6.07) is 5.82. The van der Waals surface area contributed by atoms with Gasteiger partial charge in [-0.15, -0.1) is 0 Å². The molecule has 1 aromatic carbocycles. The van der Waals surface area contributed by atoms with Crippen molar-refractivity contribution < 1.29 is 14.4 Å². The summed E-state index contributed by atoms with van der Waals surface area (Å²) in [4.78, 5) is 37.3. The fourth-order valence-corrected chi connectivity index (χ4v) is 2.66. The van der Waals surface area contributed by atoms with E-state index in [0.29, 0.717) is 17.9 Å². The Morgan fingerprint density at radius 1 is 1.33 bits per heavy atom. The second-order valence-electron chi connectivity index (χ2n) is 5.07. The van der Waals surface area contributed by atoms with Gasteiger partial charge in [-0.25, -0.2) is 4.79 Å². The number of amides is 4. The lowest BCUT2D eigenvalue weighted by molar-refractivity contribution is -0.144. The molecule has 1 aromatic rings. The Bertz CT molecular complexity index is 588. The Kier molecular flexibility index (Phi) is 4.63. The van der Waals surface area contributed by atoms with Gasteiger partial charge in [0, 0.05) is 5.02 Å². The van der Waals surface area contributed by atoms with Gasteiger partial charge in [0.05, 0.1) is 6.04 Å². The van der Waals surface area contributed by atoms with Crippen molar-refractivity contribution in [3.05, 3.63) is 34.9 Å². The van der Waals surface area contributed by atoms with Gasteiger partial charge in [0.25, 0.3) is 0 Å². The zero-order valence-corrected chi connectivity index (χ0v) is 12.7. The second-order valence-corrected chi connectivity index (χ2v) is 5.51. The summed E-state index contributed by atoms with van der Waals surface area (Å²) in [5.74, 6) is -1.76. The molecule has 0 aromatic heterocycles. The van der Waals surface area contributed by atoms with Crippen molar-refractivity contribution >= 4 is 29.4 Å². The minimum atomic E-state index is -0.797. The zero-order valence-electron chi connectivity index (χ0n) is 11.9. The van der Waals surface area contributed by atoms with E-state index in [4.69, 9.17) is 11.6 Å². The van der Waals surface area contributed by atoms with Gasteiger partial charge in [0.2, 0.25) is 11.8 Å². The van der Waals surface area contributed by atoms with Gasteiger partial charge in [-0.2, -0.15) is 0 Å². The number of hydrogen-bond acceptors (Lipinski definition) is 3. The van der Waals surface area contributed by atoms with Gasteiger partial charge in [-0.05, 0) is 31.0 Å². The first-order valence-electron chi connectivity index (χ1n) is 6.89. The first-order chi connectivity index (χ1) is 9.95. The van der Waals surface area contributed by atoms with Crippen LogP contribution in [0.2, 0.25) is 5.02 Å². The lowest BCUT2D eigenvalue weighted by atomic mass is 9.97. The third-order valence-corrected chi connectivity index (χ3v) is 3.83. The predicted octanol–water partition coefficient (Wildman–Crippen LogP) is 2.90. The molecule has 1 fully saturated rings. The molecule has 0 radical (unpaired) electrons. The van der Waals surface area contributed by atoms with Crippen LogP contribution in [0, 0.1) is 5.92 Å². The van der Waals surface area contributed by atoms with Gasteiger partial charge >= 0.3 is 6.03 Å². The molecule has 0 spiro atoms. The number of urea groups is 1. The molecule has 0 bridgehead atoms. The maximum Gasteiger partial charge on any atom is 0.331 e. The van der Waals surface area contributed by atoms with Gasteiger partial charge < -0.3 is 0 Å². The van der Waals surface area contributed by atoms with Crippen LogP contribution in [0.4, 0.5) is 4.79 Å². The van der Waals surface area contributed by atoms with E-state index in [-0.39, 0.29) is 0 Å². The molecule has 2 rings (SSSR count). The molecule has 6 heteroatoms. The smallest absolute Gasteiger partial charge is 0.277 e. The van der Waals surface area contributed by atoms with Crippen LogP contribution in [-0.4, -0.2) is 22.7 Å². The summed E-state index contributed by atoms with van der Waals surface area (Å²) in [5.41, 5.74) is 0.746. The SMILES string of the molecule is CCCC1C(=O)NC(=O)N(C(C)c2cccc(Cl)c2)C1=O. The standard InChI is InChI=1S/C15H17ClN2O3/c1-3-5-12-13(19)17-15(21)18(14(12)20)9(2)10-6-4-7-11(16)8-10/h4,6-9,12H,3,5H2,1-2H3,(H,17,19,21). The largest absolute Gasteiger partial charge is 0.331 e. The number of halogens is 1. The fraction of sp³-hybridized carbons (Fsp3) is 0.400. The van der Waals surface area contributed by atoms with Crippen LogP contribution in [0.5, 0.6) is 0 Å². The molecule has 1 aliphatic heterocycles. The lowest BCUT2D eigenvalue weighted by Gasteiger charge is -2.34. The topological polar surface area (TPSA) is 66.5 Å². The van der Waals surface area contributed by atoms with Crippen LogP contribution in [0.15, 0.2) is 24.3 Å². The number of nitrogens with zero attached hydrogens (tertiary/aromatic N) is 1. The zero-order chi connectivity index (χ0) is 15.6. The van der Waals surface area contributed by atoms with Gasteiger partial charge in [-0.3, -0.25) is 19.8 Å². The lowest BCUT2D eigenvalue weighted by Crippen LogP contribution is -2.58. The maximum absolute atomic E-state index is 12.4. The third kappa shape index (κ3) is 3.08. The molecule has 0 aliphatic carbocycles. The molecule has 1 heterocycles. The minimum Gasteiger partial charge on any atom is -0.277 e. The summed E-state index contributed by atoms with van der Waals surface area (Å²) in [6.07, 6.45) is 1.12. The molecule has 21 heavy (non-hydrogen) atoms. The van der Waals surface area contributed by atoms with E-state index in [1.54, 1.807) is 31.2 Å². The number of carbonyl (C=O) groups is 3. The number of barbiturate groups is 1. The summed E-state index contributed by atoms with van der Waals surface area (Å²) in [5, 5.41) is 2.79. The third-order valence-electron chi connectivity index (χ3n) is 3.60. The molecular weight excluding hydrogens is 292 g/mol. The Morgan fingerprint density at radius 3 is 2.67 bits per heavy atom. The highest BCUT2D eigenvalue weighted by atomic mass is 35.5. The normalized spacial score (nSPS) is 20.4. The molecule has 1 saturated heterocycles. The second kappa shape index (κ2) is 6.26. The van der Waals surface area contributed by atoms with Crippen molar-refractivity contribution in [2.24, 2.45) is 5.92 Å². The molecule has 1 aliphatic rings. The Balaban J connectivity index is 2.30. The first-order valence-corrected chi connectivity index (χ1v) is 7.26. The summed E-state index contributed by atoms with van der Waals surface area (Å²) >= 11 is 5.94. The monoisotopic (exact) mass is 308 g/mol.